The topological polar surface area (TPSA) is 40.5 Å². The summed E-state index contributed by atoms with van der Waals surface area (Å²) in [5, 5.41) is 9.27. The minimum absolute atomic E-state index is 0.233. The number of carboxylic acids is 1. The minimum atomic E-state index is -0.632. The highest BCUT2D eigenvalue weighted by Crippen LogP contribution is 2.24. The van der Waals surface area contributed by atoms with Gasteiger partial charge in [-0.2, -0.15) is 0 Å². The number of rotatable bonds is 12. The second-order valence-corrected chi connectivity index (χ2v) is 6.77. The number of carbonyl (C=O) groups is 1. The summed E-state index contributed by atoms with van der Waals surface area (Å²) < 4.78 is 0. The Hall–Kier alpha value is -0.570. The van der Waals surface area contributed by atoms with Gasteiger partial charge in [-0.1, -0.05) is 71.6 Å². The molecule has 124 valence electrons. The van der Waals surface area contributed by atoms with E-state index in [4.69, 9.17) is 0 Å². The summed E-state index contributed by atoms with van der Waals surface area (Å²) in [5.74, 6) is -0.322. The maximum Gasteiger partial charge on any atom is 0.321 e. The molecule has 0 radical (unpaired) electrons. The van der Waals surface area contributed by atoms with Gasteiger partial charge in [0, 0.05) is 0 Å². The highest BCUT2D eigenvalue weighted by Gasteiger charge is 2.35. The summed E-state index contributed by atoms with van der Waals surface area (Å²) in [6.07, 6.45) is 14.4. The molecule has 0 saturated carbocycles. The largest absolute Gasteiger partial charge is 0.480 e. The van der Waals surface area contributed by atoms with Crippen LogP contribution in [0.15, 0.2) is 0 Å². The van der Waals surface area contributed by atoms with Gasteiger partial charge in [0.05, 0.1) is 0 Å². The molecule has 1 saturated heterocycles. The van der Waals surface area contributed by atoms with Crippen molar-refractivity contribution in [3.63, 3.8) is 0 Å². The lowest BCUT2D eigenvalue weighted by molar-refractivity contribution is -0.143. The first kappa shape index (κ1) is 18.5. The van der Waals surface area contributed by atoms with E-state index in [0.29, 0.717) is 5.92 Å². The molecule has 0 spiro atoms. The highest BCUT2D eigenvalue weighted by molar-refractivity contribution is 5.74. The maximum absolute atomic E-state index is 11.3. The van der Waals surface area contributed by atoms with Gasteiger partial charge in [0.1, 0.15) is 6.04 Å². The lowest BCUT2D eigenvalue weighted by Gasteiger charge is -2.22. The van der Waals surface area contributed by atoms with Crippen LogP contribution in [0.4, 0.5) is 0 Å². The van der Waals surface area contributed by atoms with E-state index in [1.807, 2.05) is 0 Å². The third-order valence-corrected chi connectivity index (χ3v) is 4.86. The number of nitrogens with zero attached hydrogens (tertiary/aromatic N) is 1. The molecule has 0 aromatic carbocycles. The number of unbranched alkanes of at least 4 members (excludes halogenated alkanes) is 9. The molecule has 21 heavy (non-hydrogen) atoms. The van der Waals surface area contributed by atoms with E-state index in [1.165, 1.54) is 57.8 Å². The first-order valence-corrected chi connectivity index (χ1v) is 9.13. The third-order valence-electron chi connectivity index (χ3n) is 4.86. The molecule has 2 atom stereocenters. The fourth-order valence-corrected chi connectivity index (χ4v) is 3.48. The molecule has 3 nitrogen and oxygen atoms in total. The van der Waals surface area contributed by atoms with Gasteiger partial charge in [0.15, 0.2) is 0 Å². The number of carboxylic acid groups (broad SMARTS) is 1. The minimum Gasteiger partial charge on any atom is -0.480 e. The van der Waals surface area contributed by atoms with Crippen LogP contribution >= 0.6 is 0 Å². The molecule has 0 bridgehead atoms. The summed E-state index contributed by atoms with van der Waals surface area (Å²) in [7, 11) is 0. The second-order valence-electron chi connectivity index (χ2n) is 6.77. The zero-order valence-corrected chi connectivity index (χ0v) is 14.1. The van der Waals surface area contributed by atoms with E-state index in [0.717, 1.165) is 25.9 Å². The monoisotopic (exact) mass is 297 g/mol. The first-order chi connectivity index (χ1) is 10.2. The molecular formula is C18H35NO2. The van der Waals surface area contributed by atoms with Crippen LogP contribution in [-0.2, 0) is 4.79 Å². The van der Waals surface area contributed by atoms with Crippen molar-refractivity contribution in [2.75, 3.05) is 13.1 Å². The normalized spacial score (nSPS) is 22.8. The second kappa shape index (κ2) is 11.1. The number of hydrogen-bond donors (Lipinski definition) is 1. The van der Waals surface area contributed by atoms with E-state index in [9.17, 15) is 9.90 Å². The van der Waals surface area contributed by atoms with E-state index in [-0.39, 0.29) is 6.04 Å². The Morgan fingerprint density at radius 3 is 2.05 bits per heavy atom. The van der Waals surface area contributed by atoms with Crippen LogP contribution in [0.3, 0.4) is 0 Å². The zero-order valence-electron chi connectivity index (χ0n) is 14.1. The van der Waals surface area contributed by atoms with Gasteiger partial charge in [-0.25, -0.2) is 0 Å². The summed E-state index contributed by atoms with van der Waals surface area (Å²) in [6.45, 7) is 6.26. The Balaban J connectivity index is 1.96. The average molecular weight is 297 g/mol. The SMILES string of the molecule is CCCCCCCCCCCCN1CCC(C)C1C(=O)O. The molecule has 1 fully saturated rings. The van der Waals surface area contributed by atoms with Gasteiger partial charge >= 0.3 is 5.97 Å². The molecule has 1 heterocycles. The Morgan fingerprint density at radius 1 is 1.00 bits per heavy atom. The van der Waals surface area contributed by atoms with Crippen LogP contribution in [0.5, 0.6) is 0 Å². The number of hydrogen-bond acceptors (Lipinski definition) is 2. The Labute approximate surface area is 131 Å². The Morgan fingerprint density at radius 2 is 1.52 bits per heavy atom. The molecule has 0 aliphatic carbocycles. The highest BCUT2D eigenvalue weighted by atomic mass is 16.4. The van der Waals surface area contributed by atoms with E-state index >= 15 is 0 Å². The Bertz CT molecular complexity index is 280. The van der Waals surface area contributed by atoms with E-state index in [1.54, 1.807) is 0 Å². The smallest absolute Gasteiger partial charge is 0.321 e. The zero-order chi connectivity index (χ0) is 15.5. The molecule has 1 rings (SSSR count). The van der Waals surface area contributed by atoms with Crippen molar-refractivity contribution in [3.8, 4) is 0 Å². The summed E-state index contributed by atoms with van der Waals surface area (Å²) >= 11 is 0. The molecule has 1 aliphatic rings. The predicted molar refractivity (Wildman–Crippen MR) is 88.6 cm³/mol. The van der Waals surface area contributed by atoms with Gasteiger partial charge < -0.3 is 5.11 Å². The van der Waals surface area contributed by atoms with Crippen molar-refractivity contribution in [2.45, 2.75) is 90.5 Å². The molecule has 0 aromatic heterocycles. The van der Waals surface area contributed by atoms with Crippen LogP contribution in [0.1, 0.15) is 84.5 Å². The molecule has 0 aromatic rings. The molecule has 1 N–H and O–H groups in total. The fourth-order valence-electron chi connectivity index (χ4n) is 3.48. The summed E-state index contributed by atoms with van der Waals surface area (Å²) in [6, 6.07) is -0.233. The number of aliphatic carboxylic acids is 1. The van der Waals surface area contributed by atoms with Crippen LogP contribution in [0, 0.1) is 5.92 Å². The Kier molecular flexibility index (Phi) is 9.73. The maximum atomic E-state index is 11.3. The first-order valence-electron chi connectivity index (χ1n) is 9.13. The van der Waals surface area contributed by atoms with Gasteiger partial charge in [-0.05, 0) is 31.8 Å². The summed E-state index contributed by atoms with van der Waals surface area (Å²) in [5.41, 5.74) is 0. The summed E-state index contributed by atoms with van der Waals surface area (Å²) in [4.78, 5) is 13.4. The van der Waals surface area contributed by atoms with Crippen LogP contribution < -0.4 is 0 Å². The van der Waals surface area contributed by atoms with Gasteiger partial charge in [0.25, 0.3) is 0 Å². The van der Waals surface area contributed by atoms with Crippen molar-refractivity contribution in [1.29, 1.82) is 0 Å². The molecule has 2 unspecified atom stereocenters. The van der Waals surface area contributed by atoms with Crippen molar-refractivity contribution >= 4 is 5.97 Å². The quantitative estimate of drug-likeness (QED) is 0.531. The standard InChI is InChI=1S/C18H35NO2/c1-3-4-5-6-7-8-9-10-11-12-14-19-15-13-16(2)17(19)18(20)21/h16-17H,3-15H2,1-2H3,(H,20,21). The lowest BCUT2D eigenvalue weighted by Crippen LogP contribution is -2.39. The van der Waals surface area contributed by atoms with Gasteiger partial charge in [0.2, 0.25) is 0 Å². The molecule has 0 amide bonds. The van der Waals surface area contributed by atoms with Crippen molar-refractivity contribution in [3.05, 3.63) is 0 Å². The van der Waals surface area contributed by atoms with Crippen molar-refractivity contribution in [1.82, 2.24) is 4.90 Å². The molecule has 3 heteroatoms. The van der Waals surface area contributed by atoms with Crippen molar-refractivity contribution < 1.29 is 9.90 Å². The van der Waals surface area contributed by atoms with Crippen LogP contribution in [-0.4, -0.2) is 35.1 Å². The fraction of sp³-hybridized carbons (Fsp3) is 0.944. The average Bonchev–Trinajstić information content (AvgIpc) is 2.82. The molecular weight excluding hydrogens is 262 g/mol. The van der Waals surface area contributed by atoms with E-state index in [2.05, 4.69) is 18.7 Å². The van der Waals surface area contributed by atoms with Gasteiger partial charge in [-0.3, -0.25) is 9.69 Å². The van der Waals surface area contributed by atoms with Gasteiger partial charge in [-0.15, -0.1) is 0 Å². The van der Waals surface area contributed by atoms with Crippen LogP contribution in [0.25, 0.3) is 0 Å². The van der Waals surface area contributed by atoms with E-state index < -0.39 is 5.97 Å². The predicted octanol–water partition coefficient (Wildman–Crippen LogP) is 4.70. The van der Waals surface area contributed by atoms with Crippen LogP contribution in [0.2, 0.25) is 0 Å². The van der Waals surface area contributed by atoms with Crippen molar-refractivity contribution in [2.24, 2.45) is 5.92 Å². The lowest BCUT2D eigenvalue weighted by atomic mass is 10.0. The molecule has 1 aliphatic heterocycles. The third kappa shape index (κ3) is 7.30. The number of likely N-dealkylation sites (tertiary alicyclic amines) is 1.